The first-order valence-corrected chi connectivity index (χ1v) is 6.84. The van der Waals surface area contributed by atoms with E-state index in [9.17, 15) is 13.2 Å². The van der Waals surface area contributed by atoms with Crippen molar-refractivity contribution in [2.45, 2.75) is 12.6 Å². The molecule has 1 aromatic carbocycles. The summed E-state index contributed by atoms with van der Waals surface area (Å²) in [6.45, 7) is 0. The molecule has 0 radical (unpaired) electrons. The predicted molar refractivity (Wildman–Crippen MR) is 80.5 cm³/mol. The molecule has 124 valence electrons. The Hall–Kier alpha value is -3.10. The average molecular weight is 335 g/mol. The second-order valence-corrected chi connectivity index (χ2v) is 4.96. The van der Waals surface area contributed by atoms with Gasteiger partial charge in [-0.3, -0.25) is 0 Å². The van der Waals surface area contributed by atoms with Gasteiger partial charge in [0.2, 0.25) is 5.95 Å². The Morgan fingerprint density at radius 3 is 2.50 bits per heavy atom. The van der Waals surface area contributed by atoms with Crippen LogP contribution < -0.4 is 11.1 Å². The Labute approximate surface area is 134 Å². The average Bonchev–Trinajstić information content (AvgIpc) is 3.03. The molecule has 0 spiro atoms. The van der Waals surface area contributed by atoms with Gasteiger partial charge < -0.3 is 15.5 Å². The molecule has 2 heterocycles. The van der Waals surface area contributed by atoms with Crippen LogP contribution in [0.25, 0.3) is 0 Å². The summed E-state index contributed by atoms with van der Waals surface area (Å²) in [4.78, 5) is 12.0. The lowest BCUT2D eigenvalue weighted by Gasteiger charge is -2.12. The second-order valence-electron chi connectivity index (χ2n) is 4.96. The first-order valence-electron chi connectivity index (χ1n) is 6.84. The lowest BCUT2D eigenvalue weighted by atomic mass is 10.1. The summed E-state index contributed by atoms with van der Waals surface area (Å²) in [5.41, 5.74) is 6.66. The predicted octanol–water partition coefficient (Wildman–Crippen LogP) is 3.40. The smallest absolute Gasteiger partial charge is 0.416 e. The zero-order chi connectivity index (χ0) is 17.2. The highest BCUT2D eigenvalue weighted by molar-refractivity contribution is 5.60. The Kier molecular flexibility index (Phi) is 4.07. The van der Waals surface area contributed by atoms with E-state index in [4.69, 9.17) is 10.2 Å². The van der Waals surface area contributed by atoms with Crippen molar-refractivity contribution in [3.05, 3.63) is 59.9 Å². The van der Waals surface area contributed by atoms with Crippen molar-refractivity contribution in [1.82, 2.24) is 15.0 Å². The van der Waals surface area contributed by atoms with Crippen molar-refractivity contribution < 1.29 is 17.6 Å². The van der Waals surface area contributed by atoms with E-state index in [0.717, 1.165) is 12.1 Å². The summed E-state index contributed by atoms with van der Waals surface area (Å²) in [5, 5.41) is 2.95. The number of alkyl halides is 3. The van der Waals surface area contributed by atoms with Gasteiger partial charge in [0, 0.05) is 23.9 Å². The molecule has 0 unspecified atom stereocenters. The molecule has 3 N–H and O–H groups in total. The molecule has 6 nitrogen and oxygen atoms in total. The number of nitrogens with zero attached hydrogens (tertiary/aromatic N) is 3. The zero-order valence-corrected chi connectivity index (χ0v) is 12.2. The van der Waals surface area contributed by atoms with Gasteiger partial charge >= 0.3 is 6.18 Å². The summed E-state index contributed by atoms with van der Waals surface area (Å²) in [5.74, 6) is 0.443. The first-order chi connectivity index (χ1) is 11.4. The van der Waals surface area contributed by atoms with Gasteiger partial charge in [0.15, 0.2) is 6.39 Å². The van der Waals surface area contributed by atoms with Crippen LogP contribution in [0.5, 0.6) is 0 Å². The normalized spacial score (nSPS) is 11.5. The Balaban J connectivity index is 1.85. The Bertz CT molecular complexity index is 816. The van der Waals surface area contributed by atoms with Crippen LogP contribution in [0.4, 0.5) is 30.6 Å². The molecule has 0 aliphatic rings. The van der Waals surface area contributed by atoms with Crippen LogP contribution in [-0.2, 0) is 12.6 Å². The van der Waals surface area contributed by atoms with Crippen molar-refractivity contribution in [1.29, 1.82) is 0 Å². The number of anilines is 3. The standard InChI is InChI=1S/C15H12F3N5O/c16-15(17,18)10-1-3-11(4-2-10)22-13-9(6-20-14(19)23-13)5-12-7-24-8-21-12/h1-4,6-8H,5H2,(H3,19,20,22,23). The van der Waals surface area contributed by atoms with Gasteiger partial charge in [0.25, 0.3) is 0 Å². The Morgan fingerprint density at radius 2 is 1.88 bits per heavy atom. The third-order valence-electron chi connectivity index (χ3n) is 3.21. The van der Waals surface area contributed by atoms with E-state index in [1.807, 2.05) is 0 Å². The van der Waals surface area contributed by atoms with Gasteiger partial charge in [0.1, 0.15) is 12.1 Å². The maximum atomic E-state index is 12.6. The minimum Gasteiger partial charge on any atom is -0.451 e. The topological polar surface area (TPSA) is 89.9 Å². The summed E-state index contributed by atoms with van der Waals surface area (Å²) >= 11 is 0. The zero-order valence-electron chi connectivity index (χ0n) is 12.2. The molecule has 0 aliphatic heterocycles. The minimum atomic E-state index is -4.38. The quantitative estimate of drug-likeness (QED) is 0.759. The third-order valence-corrected chi connectivity index (χ3v) is 3.21. The lowest BCUT2D eigenvalue weighted by Crippen LogP contribution is -2.06. The van der Waals surface area contributed by atoms with Crippen molar-refractivity contribution >= 4 is 17.5 Å². The van der Waals surface area contributed by atoms with E-state index < -0.39 is 11.7 Å². The monoisotopic (exact) mass is 335 g/mol. The molecule has 3 aromatic rings. The molecule has 3 rings (SSSR count). The number of nitrogens with two attached hydrogens (primary N) is 1. The maximum Gasteiger partial charge on any atom is 0.416 e. The van der Waals surface area contributed by atoms with Crippen LogP contribution in [0.2, 0.25) is 0 Å². The van der Waals surface area contributed by atoms with Crippen LogP contribution in [0, 0.1) is 0 Å². The molecule has 0 amide bonds. The minimum absolute atomic E-state index is 0.0494. The van der Waals surface area contributed by atoms with Crippen molar-refractivity contribution in [3.63, 3.8) is 0 Å². The van der Waals surface area contributed by atoms with Crippen LogP contribution in [-0.4, -0.2) is 15.0 Å². The number of halogens is 3. The SMILES string of the molecule is Nc1ncc(Cc2cocn2)c(Nc2ccc(C(F)(F)F)cc2)n1. The van der Waals surface area contributed by atoms with E-state index in [2.05, 4.69) is 20.3 Å². The second kappa shape index (κ2) is 6.19. The fourth-order valence-corrected chi connectivity index (χ4v) is 2.06. The van der Waals surface area contributed by atoms with E-state index in [-0.39, 0.29) is 5.95 Å². The van der Waals surface area contributed by atoms with Gasteiger partial charge in [-0.1, -0.05) is 0 Å². The summed E-state index contributed by atoms with van der Waals surface area (Å²) in [6, 6.07) is 4.62. The first kappa shape index (κ1) is 15.8. The van der Waals surface area contributed by atoms with Gasteiger partial charge in [-0.15, -0.1) is 0 Å². The number of rotatable bonds is 4. The highest BCUT2D eigenvalue weighted by Crippen LogP contribution is 2.30. The van der Waals surface area contributed by atoms with E-state index in [0.29, 0.717) is 29.2 Å². The summed E-state index contributed by atoms with van der Waals surface area (Å²) in [7, 11) is 0. The molecular formula is C15H12F3N5O. The summed E-state index contributed by atoms with van der Waals surface area (Å²) in [6.07, 6.45) is 0.327. The number of aromatic nitrogens is 3. The van der Waals surface area contributed by atoms with E-state index in [1.54, 1.807) is 0 Å². The Morgan fingerprint density at radius 1 is 1.12 bits per heavy atom. The van der Waals surface area contributed by atoms with Gasteiger partial charge in [-0.25, -0.2) is 9.97 Å². The fourth-order valence-electron chi connectivity index (χ4n) is 2.06. The third kappa shape index (κ3) is 3.62. The van der Waals surface area contributed by atoms with Gasteiger partial charge in [-0.2, -0.15) is 18.2 Å². The van der Waals surface area contributed by atoms with Crippen LogP contribution in [0.3, 0.4) is 0 Å². The van der Waals surface area contributed by atoms with Crippen LogP contribution in [0.1, 0.15) is 16.8 Å². The number of hydrogen-bond acceptors (Lipinski definition) is 6. The molecule has 2 aromatic heterocycles. The fraction of sp³-hybridized carbons (Fsp3) is 0.133. The van der Waals surface area contributed by atoms with E-state index >= 15 is 0 Å². The van der Waals surface area contributed by atoms with Gasteiger partial charge in [-0.05, 0) is 24.3 Å². The van der Waals surface area contributed by atoms with Crippen LogP contribution >= 0.6 is 0 Å². The highest BCUT2D eigenvalue weighted by atomic mass is 19.4. The van der Waals surface area contributed by atoms with Crippen molar-refractivity contribution in [3.8, 4) is 0 Å². The molecule has 9 heteroatoms. The number of benzene rings is 1. The lowest BCUT2D eigenvalue weighted by molar-refractivity contribution is -0.137. The molecule has 0 bridgehead atoms. The molecule has 0 fully saturated rings. The maximum absolute atomic E-state index is 12.6. The molecule has 0 aliphatic carbocycles. The molecule has 0 saturated heterocycles. The molecule has 0 saturated carbocycles. The van der Waals surface area contributed by atoms with Crippen LogP contribution in [0.15, 0.2) is 47.5 Å². The molecule has 0 atom stereocenters. The van der Waals surface area contributed by atoms with Crippen molar-refractivity contribution in [2.75, 3.05) is 11.1 Å². The number of nitrogen functional groups attached to an aromatic ring is 1. The summed E-state index contributed by atoms with van der Waals surface area (Å²) < 4.78 is 42.7. The molecule has 24 heavy (non-hydrogen) atoms. The largest absolute Gasteiger partial charge is 0.451 e. The van der Waals surface area contributed by atoms with Gasteiger partial charge in [0.05, 0.1) is 11.3 Å². The van der Waals surface area contributed by atoms with E-state index in [1.165, 1.54) is 31.0 Å². The number of hydrogen-bond donors (Lipinski definition) is 2. The highest BCUT2D eigenvalue weighted by Gasteiger charge is 2.29. The van der Waals surface area contributed by atoms with Crippen molar-refractivity contribution in [2.24, 2.45) is 0 Å². The molecular weight excluding hydrogens is 323 g/mol. The number of nitrogens with one attached hydrogen (secondary N) is 1. The number of oxazole rings is 1.